The summed E-state index contributed by atoms with van der Waals surface area (Å²) in [7, 11) is 2.21. The van der Waals surface area contributed by atoms with Gasteiger partial charge < -0.3 is 20.6 Å². The van der Waals surface area contributed by atoms with Crippen molar-refractivity contribution in [3.05, 3.63) is 35.9 Å². The van der Waals surface area contributed by atoms with E-state index in [9.17, 15) is 5.11 Å². The average molecular weight is 474 g/mol. The third kappa shape index (κ3) is 7.40. The Bertz CT molecular complexity index is 530. The van der Waals surface area contributed by atoms with Gasteiger partial charge in [-0.2, -0.15) is 0 Å². The molecule has 1 aromatic carbocycles. The van der Waals surface area contributed by atoms with Crippen LogP contribution in [0.2, 0.25) is 0 Å². The van der Waals surface area contributed by atoms with Gasteiger partial charge in [-0.25, -0.2) is 4.99 Å². The zero-order valence-electron chi connectivity index (χ0n) is 16.4. The van der Waals surface area contributed by atoms with Crippen LogP contribution in [0.25, 0.3) is 0 Å². The number of hydrogen-bond donors (Lipinski definition) is 3. The van der Waals surface area contributed by atoms with E-state index < -0.39 is 5.60 Å². The first-order chi connectivity index (χ1) is 12.0. The minimum Gasteiger partial charge on any atom is -0.384 e. The SMILES string of the molecule is CCNC(=NCC(C)(O)c1ccccc1)NCCN(C)C1CCCC1.I. The molecule has 6 heteroatoms. The van der Waals surface area contributed by atoms with Crippen LogP contribution < -0.4 is 10.6 Å². The van der Waals surface area contributed by atoms with Crippen molar-refractivity contribution >= 4 is 29.9 Å². The molecule has 3 N–H and O–H groups in total. The molecule has 148 valence electrons. The largest absolute Gasteiger partial charge is 0.384 e. The van der Waals surface area contributed by atoms with E-state index in [2.05, 4.69) is 34.5 Å². The highest BCUT2D eigenvalue weighted by Crippen LogP contribution is 2.22. The second-order valence-electron chi connectivity index (χ2n) is 7.18. The monoisotopic (exact) mass is 474 g/mol. The molecule has 0 radical (unpaired) electrons. The third-order valence-corrected chi connectivity index (χ3v) is 4.99. The van der Waals surface area contributed by atoms with Crippen LogP contribution >= 0.6 is 24.0 Å². The molecule has 1 aromatic rings. The van der Waals surface area contributed by atoms with Crippen molar-refractivity contribution in [3.63, 3.8) is 0 Å². The topological polar surface area (TPSA) is 59.9 Å². The molecule has 1 aliphatic carbocycles. The van der Waals surface area contributed by atoms with Crippen LogP contribution in [0, 0.1) is 0 Å². The van der Waals surface area contributed by atoms with Gasteiger partial charge in [0.15, 0.2) is 5.96 Å². The zero-order valence-corrected chi connectivity index (χ0v) is 18.7. The van der Waals surface area contributed by atoms with Crippen LogP contribution in [0.4, 0.5) is 0 Å². The summed E-state index contributed by atoms with van der Waals surface area (Å²) in [6.07, 6.45) is 5.37. The Hall–Kier alpha value is -0.860. The van der Waals surface area contributed by atoms with Gasteiger partial charge in [-0.3, -0.25) is 0 Å². The van der Waals surface area contributed by atoms with Gasteiger partial charge in [-0.15, -0.1) is 24.0 Å². The summed E-state index contributed by atoms with van der Waals surface area (Å²) in [5.74, 6) is 0.763. The lowest BCUT2D eigenvalue weighted by Crippen LogP contribution is -2.43. The number of likely N-dealkylation sites (N-methyl/N-ethyl adjacent to an activating group) is 1. The summed E-state index contributed by atoms with van der Waals surface area (Å²) in [6, 6.07) is 10.4. The van der Waals surface area contributed by atoms with E-state index in [1.54, 1.807) is 0 Å². The summed E-state index contributed by atoms with van der Waals surface area (Å²) in [5.41, 5.74) is -0.0832. The number of halogens is 1. The fourth-order valence-corrected chi connectivity index (χ4v) is 3.34. The molecule has 0 bridgehead atoms. The summed E-state index contributed by atoms with van der Waals surface area (Å²) in [4.78, 5) is 7.03. The Morgan fingerprint density at radius 1 is 1.23 bits per heavy atom. The van der Waals surface area contributed by atoms with E-state index >= 15 is 0 Å². The normalized spacial score (nSPS) is 17.7. The predicted molar refractivity (Wildman–Crippen MR) is 120 cm³/mol. The van der Waals surface area contributed by atoms with E-state index in [0.29, 0.717) is 6.54 Å². The maximum atomic E-state index is 10.7. The molecule has 0 saturated heterocycles. The molecular formula is C20H35IN4O. The van der Waals surface area contributed by atoms with Crippen molar-refractivity contribution in [3.8, 4) is 0 Å². The minimum absolute atomic E-state index is 0. The van der Waals surface area contributed by atoms with Crippen molar-refractivity contribution in [1.29, 1.82) is 0 Å². The van der Waals surface area contributed by atoms with E-state index in [1.807, 2.05) is 37.3 Å². The highest BCUT2D eigenvalue weighted by atomic mass is 127. The van der Waals surface area contributed by atoms with Crippen LogP contribution in [-0.4, -0.2) is 55.2 Å². The summed E-state index contributed by atoms with van der Waals surface area (Å²) in [6.45, 7) is 6.85. The number of benzene rings is 1. The molecule has 1 atom stereocenters. The molecule has 1 aliphatic rings. The number of nitrogens with one attached hydrogen (secondary N) is 2. The molecule has 2 rings (SSSR count). The minimum atomic E-state index is -0.968. The van der Waals surface area contributed by atoms with E-state index in [4.69, 9.17) is 0 Å². The fourth-order valence-electron chi connectivity index (χ4n) is 3.34. The molecule has 0 spiro atoms. The van der Waals surface area contributed by atoms with Crippen LogP contribution in [0.5, 0.6) is 0 Å². The number of hydrogen-bond acceptors (Lipinski definition) is 3. The Labute approximate surface area is 175 Å². The van der Waals surface area contributed by atoms with E-state index in [-0.39, 0.29) is 24.0 Å². The van der Waals surface area contributed by atoms with Gasteiger partial charge in [-0.05, 0) is 39.3 Å². The standard InChI is InChI=1S/C20H34N4O.HI/c1-4-21-19(22-14-15-24(3)18-12-8-9-13-18)23-16-20(2,25)17-10-6-5-7-11-17;/h5-7,10-11,18,25H,4,8-9,12-16H2,1-3H3,(H2,21,22,23);1H. The van der Waals surface area contributed by atoms with Crippen LogP contribution in [-0.2, 0) is 5.60 Å². The van der Waals surface area contributed by atoms with Gasteiger partial charge in [-0.1, -0.05) is 43.2 Å². The quantitative estimate of drug-likeness (QED) is 0.308. The van der Waals surface area contributed by atoms with Gasteiger partial charge in [0.1, 0.15) is 5.60 Å². The smallest absolute Gasteiger partial charge is 0.191 e. The summed E-state index contributed by atoms with van der Waals surface area (Å²) >= 11 is 0. The molecule has 0 aliphatic heterocycles. The second-order valence-corrected chi connectivity index (χ2v) is 7.18. The molecular weight excluding hydrogens is 439 g/mol. The molecule has 1 saturated carbocycles. The molecule has 0 heterocycles. The zero-order chi connectivity index (χ0) is 18.1. The maximum absolute atomic E-state index is 10.7. The lowest BCUT2D eigenvalue weighted by molar-refractivity contribution is 0.0672. The first-order valence-corrected chi connectivity index (χ1v) is 9.53. The van der Waals surface area contributed by atoms with Gasteiger partial charge in [0, 0.05) is 25.7 Å². The fraction of sp³-hybridized carbons (Fsp3) is 0.650. The first kappa shape index (κ1) is 23.2. The Morgan fingerprint density at radius 2 is 1.88 bits per heavy atom. The lowest BCUT2D eigenvalue weighted by Gasteiger charge is -2.25. The number of guanidine groups is 1. The maximum Gasteiger partial charge on any atom is 0.191 e. The van der Waals surface area contributed by atoms with Gasteiger partial charge in [0.2, 0.25) is 0 Å². The Balaban J connectivity index is 0.00000338. The molecule has 5 nitrogen and oxygen atoms in total. The number of rotatable bonds is 8. The lowest BCUT2D eigenvalue weighted by atomic mass is 9.96. The van der Waals surface area contributed by atoms with E-state index in [0.717, 1.165) is 37.2 Å². The van der Waals surface area contributed by atoms with Gasteiger partial charge in [0.05, 0.1) is 6.54 Å². The van der Waals surface area contributed by atoms with Crippen LogP contribution in [0.15, 0.2) is 35.3 Å². The third-order valence-electron chi connectivity index (χ3n) is 4.99. The summed E-state index contributed by atoms with van der Waals surface area (Å²) < 4.78 is 0. The summed E-state index contributed by atoms with van der Waals surface area (Å²) in [5, 5.41) is 17.3. The Morgan fingerprint density at radius 3 is 2.50 bits per heavy atom. The average Bonchev–Trinajstić information content (AvgIpc) is 3.15. The van der Waals surface area contributed by atoms with Crippen LogP contribution in [0.3, 0.4) is 0 Å². The molecule has 0 aromatic heterocycles. The molecule has 0 amide bonds. The van der Waals surface area contributed by atoms with E-state index in [1.165, 1.54) is 25.7 Å². The number of nitrogens with zero attached hydrogens (tertiary/aromatic N) is 2. The number of aliphatic hydroxyl groups is 1. The van der Waals surface area contributed by atoms with Crippen molar-refractivity contribution < 1.29 is 5.11 Å². The van der Waals surface area contributed by atoms with Crippen molar-refractivity contribution in [2.24, 2.45) is 4.99 Å². The first-order valence-electron chi connectivity index (χ1n) is 9.53. The highest BCUT2D eigenvalue weighted by molar-refractivity contribution is 14.0. The molecule has 1 fully saturated rings. The Kier molecular flexibility index (Phi) is 10.5. The molecule has 1 unspecified atom stereocenters. The predicted octanol–water partition coefficient (Wildman–Crippen LogP) is 2.94. The van der Waals surface area contributed by atoms with Crippen LogP contribution in [0.1, 0.15) is 45.1 Å². The number of aliphatic imine (C=N–C) groups is 1. The molecule has 26 heavy (non-hydrogen) atoms. The van der Waals surface area contributed by atoms with Gasteiger partial charge >= 0.3 is 0 Å². The van der Waals surface area contributed by atoms with Crippen molar-refractivity contribution in [1.82, 2.24) is 15.5 Å². The van der Waals surface area contributed by atoms with Crippen molar-refractivity contribution in [2.45, 2.75) is 51.2 Å². The second kappa shape index (κ2) is 11.8. The van der Waals surface area contributed by atoms with Crippen molar-refractivity contribution in [2.75, 3.05) is 33.2 Å². The van der Waals surface area contributed by atoms with Gasteiger partial charge in [0.25, 0.3) is 0 Å². The highest BCUT2D eigenvalue weighted by Gasteiger charge is 2.22.